The molecule has 174 valence electrons. The van der Waals surface area contributed by atoms with Crippen molar-refractivity contribution in [2.45, 2.75) is 45.1 Å². The van der Waals surface area contributed by atoms with Crippen LogP contribution in [0.25, 0.3) is 11.1 Å². The Morgan fingerprint density at radius 3 is 2.15 bits per heavy atom. The molecule has 0 unspecified atom stereocenters. The molecule has 1 saturated carbocycles. The topological polar surface area (TPSA) is 105 Å². The molecule has 0 heterocycles. The number of carboxylic acids is 1. The van der Waals surface area contributed by atoms with E-state index in [0.717, 1.165) is 11.1 Å². The molecule has 3 N–H and O–H groups in total. The monoisotopic (exact) mass is 450 g/mol. The fourth-order valence-corrected chi connectivity index (χ4v) is 4.67. The molecule has 7 nitrogen and oxygen atoms in total. The second-order valence-electron chi connectivity index (χ2n) is 9.67. The molecule has 2 aromatic carbocycles. The summed E-state index contributed by atoms with van der Waals surface area (Å²) >= 11 is 0. The van der Waals surface area contributed by atoms with Gasteiger partial charge in [-0.3, -0.25) is 9.59 Å². The number of carboxylic acid groups (broad SMARTS) is 1. The van der Waals surface area contributed by atoms with Crippen molar-refractivity contribution >= 4 is 18.0 Å². The van der Waals surface area contributed by atoms with Gasteiger partial charge >= 0.3 is 12.1 Å². The molecule has 7 heteroatoms. The lowest BCUT2D eigenvalue weighted by Crippen LogP contribution is -2.52. The van der Waals surface area contributed by atoms with Crippen molar-refractivity contribution in [2.24, 2.45) is 11.3 Å². The average molecular weight is 451 g/mol. The molecule has 2 aromatic rings. The molecular weight excluding hydrogens is 420 g/mol. The Balaban J connectivity index is 1.26. The number of alkyl carbamates (subject to hydrolysis) is 1. The first-order valence-electron chi connectivity index (χ1n) is 11.4. The smallest absolute Gasteiger partial charge is 0.407 e. The predicted octanol–water partition coefficient (Wildman–Crippen LogP) is 3.92. The number of hydrogen-bond donors (Lipinski definition) is 3. The standard InChI is InChI=1S/C26H30N2O5/c1-26(2,24(31)28-17-11-16(12-17)13-23(29)30)15-27-25(32)33-14-22-20-9-5-3-7-18(20)19-8-4-6-10-21(19)22/h3-10,16-17,22H,11-15H2,1-2H3,(H,27,32)(H,28,31)(H,29,30). The zero-order chi connectivity index (χ0) is 23.6. The van der Waals surface area contributed by atoms with Gasteiger partial charge in [0.1, 0.15) is 6.61 Å². The minimum absolute atomic E-state index is 0.00409. The number of hydrogen-bond acceptors (Lipinski definition) is 4. The van der Waals surface area contributed by atoms with Crippen molar-refractivity contribution in [3.8, 4) is 11.1 Å². The molecule has 0 bridgehead atoms. The molecular formula is C26H30N2O5. The molecule has 0 spiro atoms. The maximum absolute atomic E-state index is 12.6. The van der Waals surface area contributed by atoms with Gasteiger partial charge in [0, 0.05) is 24.9 Å². The summed E-state index contributed by atoms with van der Waals surface area (Å²) in [6.07, 6.45) is 0.934. The van der Waals surface area contributed by atoms with Gasteiger partial charge in [-0.1, -0.05) is 48.5 Å². The van der Waals surface area contributed by atoms with E-state index < -0.39 is 17.5 Å². The summed E-state index contributed by atoms with van der Waals surface area (Å²) in [5.41, 5.74) is 3.81. The van der Waals surface area contributed by atoms with E-state index in [9.17, 15) is 14.4 Å². The first-order chi connectivity index (χ1) is 15.7. The summed E-state index contributed by atoms with van der Waals surface area (Å²) in [6, 6.07) is 16.3. The normalized spacial score (nSPS) is 19.1. The van der Waals surface area contributed by atoms with Gasteiger partial charge in [0.25, 0.3) is 0 Å². The van der Waals surface area contributed by atoms with Crippen molar-refractivity contribution in [3.63, 3.8) is 0 Å². The van der Waals surface area contributed by atoms with E-state index in [-0.39, 0.29) is 43.4 Å². The Bertz CT molecular complexity index is 1010. The summed E-state index contributed by atoms with van der Waals surface area (Å²) in [5, 5.41) is 14.5. The second-order valence-corrected chi connectivity index (χ2v) is 9.67. The summed E-state index contributed by atoms with van der Waals surface area (Å²) in [6.45, 7) is 3.89. The van der Waals surface area contributed by atoms with Gasteiger partial charge in [0.2, 0.25) is 5.91 Å². The number of ether oxygens (including phenoxy) is 1. The van der Waals surface area contributed by atoms with Gasteiger partial charge in [-0.05, 0) is 54.9 Å². The van der Waals surface area contributed by atoms with Crippen LogP contribution >= 0.6 is 0 Å². The van der Waals surface area contributed by atoms with Crippen LogP contribution in [0.2, 0.25) is 0 Å². The van der Waals surface area contributed by atoms with Crippen LogP contribution in [0.5, 0.6) is 0 Å². The maximum atomic E-state index is 12.6. The van der Waals surface area contributed by atoms with Crippen LogP contribution < -0.4 is 10.6 Å². The highest BCUT2D eigenvalue weighted by molar-refractivity contribution is 5.83. The van der Waals surface area contributed by atoms with Gasteiger partial charge in [0.05, 0.1) is 5.41 Å². The Hall–Kier alpha value is -3.35. The van der Waals surface area contributed by atoms with Crippen LogP contribution in [0, 0.1) is 11.3 Å². The zero-order valence-electron chi connectivity index (χ0n) is 19.0. The average Bonchev–Trinajstić information content (AvgIpc) is 3.08. The fourth-order valence-electron chi connectivity index (χ4n) is 4.67. The number of rotatable bonds is 8. The van der Waals surface area contributed by atoms with Crippen molar-refractivity contribution in [3.05, 3.63) is 59.7 Å². The van der Waals surface area contributed by atoms with E-state index in [0.29, 0.717) is 12.8 Å². The van der Waals surface area contributed by atoms with Crippen LogP contribution in [-0.2, 0) is 14.3 Å². The summed E-state index contributed by atoms with van der Waals surface area (Å²) in [5.74, 6) is -0.871. The van der Waals surface area contributed by atoms with Crippen molar-refractivity contribution in [1.29, 1.82) is 0 Å². The molecule has 0 aliphatic heterocycles. The minimum atomic E-state index is -0.816. The number of carbonyl (C=O) groups is 3. The van der Waals surface area contributed by atoms with Gasteiger partial charge in [0.15, 0.2) is 0 Å². The maximum Gasteiger partial charge on any atom is 0.407 e. The highest BCUT2D eigenvalue weighted by atomic mass is 16.5. The van der Waals surface area contributed by atoms with E-state index in [1.165, 1.54) is 11.1 Å². The minimum Gasteiger partial charge on any atom is -0.481 e. The lowest BCUT2D eigenvalue weighted by atomic mass is 9.77. The van der Waals surface area contributed by atoms with Gasteiger partial charge < -0.3 is 20.5 Å². The molecule has 0 atom stereocenters. The Labute approximate surface area is 193 Å². The van der Waals surface area contributed by atoms with Gasteiger partial charge in [-0.25, -0.2) is 4.79 Å². The molecule has 0 aromatic heterocycles. The van der Waals surface area contributed by atoms with Gasteiger partial charge in [-0.2, -0.15) is 0 Å². The zero-order valence-corrected chi connectivity index (χ0v) is 19.0. The van der Waals surface area contributed by atoms with Crippen molar-refractivity contribution < 1.29 is 24.2 Å². The Morgan fingerprint density at radius 2 is 1.58 bits per heavy atom. The van der Waals surface area contributed by atoms with E-state index >= 15 is 0 Å². The number of aliphatic carboxylic acids is 1. The molecule has 0 saturated heterocycles. The number of carbonyl (C=O) groups excluding carboxylic acids is 2. The summed E-state index contributed by atoms with van der Waals surface area (Å²) in [7, 11) is 0. The Morgan fingerprint density at radius 1 is 1.00 bits per heavy atom. The summed E-state index contributed by atoms with van der Waals surface area (Å²) < 4.78 is 5.54. The molecule has 4 rings (SSSR count). The number of benzene rings is 2. The van der Waals surface area contributed by atoms with Crippen LogP contribution in [0.3, 0.4) is 0 Å². The third kappa shape index (κ3) is 5.02. The molecule has 2 amide bonds. The molecule has 2 aliphatic rings. The van der Waals surface area contributed by atoms with Crippen LogP contribution in [-0.4, -0.2) is 42.3 Å². The summed E-state index contributed by atoms with van der Waals surface area (Å²) in [4.78, 5) is 35.8. The molecule has 0 radical (unpaired) electrons. The molecule has 33 heavy (non-hydrogen) atoms. The fraction of sp³-hybridized carbons (Fsp3) is 0.423. The molecule has 2 aliphatic carbocycles. The van der Waals surface area contributed by atoms with Crippen LogP contribution in [0.15, 0.2) is 48.5 Å². The van der Waals surface area contributed by atoms with Gasteiger partial charge in [-0.15, -0.1) is 0 Å². The number of amides is 2. The van der Waals surface area contributed by atoms with Crippen LogP contribution in [0.4, 0.5) is 4.79 Å². The quantitative estimate of drug-likeness (QED) is 0.565. The molecule has 1 fully saturated rings. The Kier molecular flexibility index (Phi) is 6.40. The first kappa shape index (κ1) is 22.8. The van der Waals surface area contributed by atoms with Crippen LogP contribution in [0.1, 0.15) is 50.2 Å². The lowest BCUT2D eigenvalue weighted by Gasteiger charge is -2.37. The highest BCUT2D eigenvalue weighted by Gasteiger charge is 2.36. The lowest BCUT2D eigenvalue weighted by molar-refractivity contribution is -0.139. The van der Waals surface area contributed by atoms with E-state index in [4.69, 9.17) is 9.84 Å². The van der Waals surface area contributed by atoms with E-state index in [1.54, 1.807) is 13.8 Å². The van der Waals surface area contributed by atoms with Crippen molar-refractivity contribution in [2.75, 3.05) is 13.2 Å². The van der Waals surface area contributed by atoms with E-state index in [1.807, 2.05) is 24.3 Å². The van der Waals surface area contributed by atoms with E-state index in [2.05, 4.69) is 34.9 Å². The van der Waals surface area contributed by atoms with Crippen molar-refractivity contribution in [1.82, 2.24) is 10.6 Å². The third-order valence-corrected chi connectivity index (χ3v) is 6.67. The number of nitrogens with one attached hydrogen (secondary N) is 2. The first-order valence-corrected chi connectivity index (χ1v) is 11.4. The SMILES string of the molecule is CC(C)(CNC(=O)OCC1c2ccccc2-c2ccccc21)C(=O)NC1CC(CC(=O)O)C1. The predicted molar refractivity (Wildman–Crippen MR) is 124 cm³/mol. The highest BCUT2D eigenvalue weighted by Crippen LogP contribution is 2.44. The number of fused-ring (bicyclic) bond motifs is 3. The third-order valence-electron chi connectivity index (χ3n) is 6.67. The second kappa shape index (κ2) is 9.25. The largest absolute Gasteiger partial charge is 0.481 e.